The highest BCUT2D eigenvalue weighted by atomic mass is 79.9. The lowest BCUT2D eigenvalue weighted by Gasteiger charge is -2.06. The molecule has 1 unspecified atom stereocenters. The maximum atomic E-state index is 13.8. The molecule has 0 bridgehead atoms. The lowest BCUT2D eigenvalue weighted by molar-refractivity contribution is 0.457. The highest BCUT2D eigenvalue weighted by Crippen LogP contribution is 2.25. The molecule has 0 amide bonds. The fourth-order valence-corrected chi connectivity index (χ4v) is 3.33. The molecule has 0 saturated carbocycles. The number of oxazole rings is 1. The second-order valence-electron chi connectivity index (χ2n) is 4.32. The van der Waals surface area contributed by atoms with Gasteiger partial charge in [-0.05, 0) is 24.3 Å². The first-order chi connectivity index (χ1) is 10.0. The van der Waals surface area contributed by atoms with E-state index in [1.165, 1.54) is 6.07 Å². The summed E-state index contributed by atoms with van der Waals surface area (Å²) in [4.78, 5) is 4.14. The van der Waals surface area contributed by atoms with Crippen LogP contribution < -0.4 is 0 Å². The Labute approximate surface area is 136 Å². The molecule has 0 spiro atoms. The third-order valence-electron chi connectivity index (χ3n) is 2.83. The molecular weight excluding hydrogens is 381 g/mol. The summed E-state index contributed by atoms with van der Waals surface area (Å²) in [6.45, 7) is 0. The van der Waals surface area contributed by atoms with Gasteiger partial charge in [0.2, 0.25) is 0 Å². The van der Waals surface area contributed by atoms with Crippen LogP contribution in [0.4, 0.5) is 4.39 Å². The van der Waals surface area contributed by atoms with Gasteiger partial charge in [0.05, 0.1) is 11.2 Å². The summed E-state index contributed by atoms with van der Waals surface area (Å²) in [5, 5.41) is 0.574. The van der Waals surface area contributed by atoms with Crippen molar-refractivity contribution in [3.8, 4) is 0 Å². The van der Waals surface area contributed by atoms with Crippen LogP contribution in [0.2, 0.25) is 5.02 Å². The predicted octanol–water partition coefficient (Wildman–Crippen LogP) is 4.69. The molecule has 1 heterocycles. The lowest BCUT2D eigenvalue weighted by Crippen LogP contribution is -2.06. The van der Waals surface area contributed by atoms with E-state index in [2.05, 4.69) is 20.9 Å². The van der Waals surface area contributed by atoms with Crippen molar-refractivity contribution in [2.45, 2.75) is 11.0 Å². The van der Waals surface area contributed by atoms with Crippen LogP contribution in [-0.4, -0.2) is 9.54 Å². The van der Waals surface area contributed by atoms with Crippen LogP contribution in [0.1, 0.15) is 5.56 Å². The molecule has 0 aliphatic rings. The molecule has 1 aromatic heterocycles. The molecule has 7 heteroatoms. The topological polar surface area (TPSA) is 49.1 Å². The smallest absolute Gasteiger partial charge is 0.416 e. The van der Waals surface area contributed by atoms with Crippen molar-refractivity contribution in [1.82, 2.24) is 4.98 Å². The van der Waals surface area contributed by atoms with Crippen molar-refractivity contribution < 1.29 is 13.4 Å². The van der Waals surface area contributed by atoms with Gasteiger partial charge in [-0.2, -0.15) is 4.98 Å². The number of aromatic nitrogens is 1. The maximum Gasteiger partial charge on any atom is 0.416 e. The van der Waals surface area contributed by atoms with E-state index in [1.807, 2.05) is 0 Å². The molecule has 0 saturated heterocycles. The van der Waals surface area contributed by atoms with Crippen LogP contribution in [0.5, 0.6) is 0 Å². The van der Waals surface area contributed by atoms with Gasteiger partial charge in [0.1, 0.15) is 17.1 Å². The van der Waals surface area contributed by atoms with Gasteiger partial charge in [0.25, 0.3) is 0 Å². The molecule has 0 fully saturated rings. The fourth-order valence-electron chi connectivity index (χ4n) is 1.82. The lowest BCUT2D eigenvalue weighted by atomic mass is 10.2. The zero-order chi connectivity index (χ0) is 15.0. The maximum absolute atomic E-state index is 13.8. The Morgan fingerprint density at radius 2 is 2.10 bits per heavy atom. The first-order valence-electron chi connectivity index (χ1n) is 5.91. The largest absolute Gasteiger partial charge is 0.607 e. The Morgan fingerprint density at radius 1 is 1.29 bits per heavy atom. The number of fused-ring (bicyclic) bond motifs is 1. The summed E-state index contributed by atoms with van der Waals surface area (Å²) < 4.78 is 32.0. The van der Waals surface area contributed by atoms with Gasteiger partial charge < -0.3 is 8.97 Å². The van der Waals surface area contributed by atoms with Gasteiger partial charge in [-0.3, -0.25) is 0 Å². The van der Waals surface area contributed by atoms with E-state index in [1.54, 1.807) is 30.3 Å². The molecular formula is C14H8BrClFNO2S. The Hall–Kier alpha value is -1.08. The van der Waals surface area contributed by atoms with Crippen LogP contribution >= 0.6 is 27.5 Å². The summed E-state index contributed by atoms with van der Waals surface area (Å²) in [6, 6.07) is 9.57. The van der Waals surface area contributed by atoms with E-state index in [-0.39, 0.29) is 11.0 Å². The standard InChI is InChI=1S/C14H8BrClFNO2S/c15-9-2-1-8(11(17)5-9)7-21(19)14-18-12-4-3-10(16)6-13(12)20-14/h1-6H,7H2. The molecule has 3 rings (SSSR count). The number of hydrogen-bond donors (Lipinski definition) is 0. The predicted molar refractivity (Wildman–Crippen MR) is 83.2 cm³/mol. The van der Waals surface area contributed by atoms with Crippen molar-refractivity contribution in [3.05, 3.63) is 57.3 Å². The fraction of sp³-hybridized carbons (Fsp3) is 0.0714. The van der Waals surface area contributed by atoms with E-state index in [0.29, 0.717) is 26.2 Å². The van der Waals surface area contributed by atoms with Crippen LogP contribution in [0.15, 0.2) is 50.5 Å². The van der Waals surface area contributed by atoms with E-state index in [0.717, 1.165) is 0 Å². The number of halogens is 3. The highest BCUT2D eigenvalue weighted by Gasteiger charge is 2.21. The molecule has 21 heavy (non-hydrogen) atoms. The van der Waals surface area contributed by atoms with E-state index < -0.39 is 17.0 Å². The number of rotatable bonds is 3. The number of benzene rings is 2. The average molecular weight is 389 g/mol. The van der Waals surface area contributed by atoms with E-state index in [4.69, 9.17) is 16.0 Å². The summed E-state index contributed by atoms with van der Waals surface area (Å²) in [7, 11) is 0. The molecule has 108 valence electrons. The van der Waals surface area contributed by atoms with E-state index in [9.17, 15) is 8.94 Å². The molecule has 3 aromatic rings. The molecule has 0 radical (unpaired) electrons. The second-order valence-corrected chi connectivity index (χ2v) is 7.00. The third-order valence-corrected chi connectivity index (χ3v) is 4.69. The first kappa shape index (κ1) is 14.8. The number of hydrogen-bond acceptors (Lipinski definition) is 3. The van der Waals surface area contributed by atoms with Crippen LogP contribution in [0.25, 0.3) is 11.1 Å². The number of nitrogens with zero attached hydrogens (tertiary/aromatic N) is 1. The van der Waals surface area contributed by atoms with Gasteiger partial charge in [-0.1, -0.05) is 33.6 Å². The zero-order valence-corrected chi connectivity index (χ0v) is 13.6. The Bertz CT molecular complexity index is 811. The highest BCUT2D eigenvalue weighted by molar-refractivity contribution is 9.10. The minimum Gasteiger partial charge on any atom is -0.607 e. The van der Waals surface area contributed by atoms with Gasteiger partial charge in [-0.15, -0.1) is 0 Å². The van der Waals surface area contributed by atoms with Gasteiger partial charge in [0, 0.05) is 21.1 Å². The average Bonchev–Trinajstić information content (AvgIpc) is 2.85. The van der Waals surface area contributed by atoms with Crippen molar-refractivity contribution in [2.24, 2.45) is 0 Å². The van der Waals surface area contributed by atoms with Crippen molar-refractivity contribution >= 4 is 49.8 Å². The molecule has 3 nitrogen and oxygen atoms in total. The Morgan fingerprint density at radius 3 is 2.86 bits per heavy atom. The SMILES string of the molecule is [O-][S+](Cc1ccc(Br)cc1F)c1nc2ccc(Cl)cc2o1. The minimum absolute atomic E-state index is 0.000330. The Kier molecular flexibility index (Phi) is 4.21. The van der Waals surface area contributed by atoms with Crippen molar-refractivity contribution in [2.75, 3.05) is 0 Å². The summed E-state index contributed by atoms with van der Waals surface area (Å²) in [6.07, 6.45) is 0. The molecule has 0 aliphatic carbocycles. The van der Waals surface area contributed by atoms with Crippen LogP contribution in [0, 0.1) is 5.82 Å². The van der Waals surface area contributed by atoms with Crippen molar-refractivity contribution in [3.63, 3.8) is 0 Å². The van der Waals surface area contributed by atoms with Crippen LogP contribution in [0.3, 0.4) is 0 Å². The summed E-state index contributed by atoms with van der Waals surface area (Å²) >= 11 is 7.47. The quantitative estimate of drug-likeness (QED) is 0.612. The third kappa shape index (κ3) is 3.23. The van der Waals surface area contributed by atoms with Crippen molar-refractivity contribution in [1.29, 1.82) is 0 Å². The zero-order valence-electron chi connectivity index (χ0n) is 10.5. The first-order valence-corrected chi connectivity index (χ1v) is 8.40. The molecule has 0 aliphatic heterocycles. The molecule has 2 aromatic carbocycles. The van der Waals surface area contributed by atoms with Crippen LogP contribution in [-0.2, 0) is 16.9 Å². The molecule has 0 N–H and O–H groups in total. The van der Waals surface area contributed by atoms with Gasteiger partial charge in [-0.25, -0.2) is 4.39 Å². The van der Waals surface area contributed by atoms with Gasteiger partial charge >= 0.3 is 5.22 Å². The summed E-state index contributed by atoms with van der Waals surface area (Å²) in [5.41, 5.74) is 1.37. The molecule has 1 atom stereocenters. The summed E-state index contributed by atoms with van der Waals surface area (Å²) in [5.74, 6) is -0.420. The monoisotopic (exact) mass is 387 g/mol. The second kappa shape index (κ2) is 5.96. The minimum atomic E-state index is -1.57. The van der Waals surface area contributed by atoms with E-state index >= 15 is 0 Å². The Balaban J connectivity index is 1.87. The normalized spacial score (nSPS) is 12.8. The van der Waals surface area contributed by atoms with Gasteiger partial charge in [0.15, 0.2) is 5.58 Å².